The molecule has 1 heterocycles. The summed E-state index contributed by atoms with van der Waals surface area (Å²) in [5, 5.41) is 13.2. The minimum Gasteiger partial charge on any atom is -0.486 e. The van der Waals surface area contributed by atoms with E-state index < -0.39 is 0 Å². The molecule has 3 rings (SSSR count). The largest absolute Gasteiger partial charge is 0.486 e. The van der Waals surface area contributed by atoms with Gasteiger partial charge in [-0.15, -0.1) is 10.2 Å². The molecule has 0 spiro atoms. The minimum atomic E-state index is 0.0713. The summed E-state index contributed by atoms with van der Waals surface area (Å²) in [6, 6.07) is 5.89. The lowest BCUT2D eigenvalue weighted by Gasteiger charge is -2.16. The third-order valence-electron chi connectivity index (χ3n) is 5.16. The van der Waals surface area contributed by atoms with Crippen LogP contribution in [0.4, 0.5) is 0 Å². The molecule has 1 aliphatic carbocycles. The van der Waals surface area contributed by atoms with Crippen LogP contribution in [0, 0.1) is 6.92 Å². The highest BCUT2D eigenvalue weighted by Crippen LogP contribution is 2.23. The molecular weight excluding hydrogens is 408 g/mol. The third kappa shape index (κ3) is 6.37. The first kappa shape index (κ1) is 22.0. The number of benzene rings is 1. The van der Waals surface area contributed by atoms with Crippen molar-refractivity contribution < 1.29 is 9.53 Å². The molecule has 1 amide bonds. The highest BCUT2D eigenvalue weighted by Gasteiger charge is 2.17. The maximum atomic E-state index is 12.3. The Morgan fingerprint density at radius 3 is 2.72 bits per heavy atom. The normalized spacial score (nSPS) is 15.1. The molecular formula is C21H29ClN4O2S. The molecule has 1 fully saturated rings. The van der Waals surface area contributed by atoms with Crippen molar-refractivity contribution in [3.63, 3.8) is 0 Å². The molecule has 1 aromatic heterocycles. The molecule has 1 N–H and O–H groups in total. The Kier molecular flexibility index (Phi) is 8.24. The van der Waals surface area contributed by atoms with E-state index in [0.29, 0.717) is 18.4 Å². The first-order valence-corrected chi connectivity index (χ1v) is 11.7. The van der Waals surface area contributed by atoms with E-state index in [-0.39, 0.29) is 5.91 Å². The monoisotopic (exact) mass is 436 g/mol. The molecule has 29 heavy (non-hydrogen) atoms. The standard InChI is InChI=1S/C21H29ClN4O2S/c1-3-26-19(13-28-17-10-11-18(22)15(2)12-17)24-25-21(26)29-14-20(27)23-16-8-6-4-5-7-9-16/h10-12,16H,3-9,13-14H2,1-2H3,(H,23,27). The van der Waals surface area contributed by atoms with Crippen LogP contribution in [0.3, 0.4) is 0 Å². The molecule has 0 aliphatic heterocycles. The fourth-order valence-corrected chi connectivity index (χ4v) is 4.48. The van der Waals surface area contributed by atoms with Gasteiger partial charge in [-0.3, -0.25) is 4.79 Å². The lowest BCUT2D eigenvalue weighted by molar-refractivity contribution is -0.119. The predicted molar refractivity (Wildman–Crippen MR) is 117 cm³/mol. The quantitative estimate of drug-likeness (QED) is 0.476. The smallest absolute Gasteiger partial charge is 0.230 e. The number of ether oxygens (including phenoxy) is 1. The Balaban J connectivity index is 1.53. The number of amides is 1. The van der Waals surface area contributed by atoms with Crippen molar-refractivity contribution >= 4 is 29.3 Å². The van der Waals surface area contributed by atoms with Gasteiger partial charge in [-0.25, -0.2) is 0 Å². The number of halogens is 1. The molecule has 1 aliphatic rings. The predicted octanol–water partition coefficient (Wildman–Crippen LogP) is 4.77. The molecule has 0 bridgehead atoms. The van der Waals surface area contributed by atoms with Crippen molar-refractivity contribution in [2.45, 2.75) is 76.7 Å². The van der Waals surface area contributed by atoms with E-state index in [1.165, 1.54) is 37.4 Å². The Hall–Kier alpha value is -1.73. The zero-order valence-corrected chi connectivity index (χ0v) is 18.7. The van der Waals surface area contributed by atoms with Gasteiger partial charge in [0.2, 0.25) is 5.91 Å². The van der Waals surface area contributed by atoms with Crippen LogP contribution in [0.15, 0.2) is 23.4 Å². The summed E-state index contributed by atoms with van der Waals surface area (Å²) < 4.78 is 7.84. The van der Waals surface area contributed by atoms with Crippen molar-refractivity contribution in [2.24, 2.45) is 0 Å². The van der Waals surface area contributed by atoms with Gasteiger partial charge in [0.05, 0.1) is 5.75 Å². The van der Waals surface area contributed by atoms with E-state index in [1.807, 2.05) is 36.6 Å². The molecule has 158 valence electrons. The number of aromatic nitrogens is 3. The molecule has 0 saturated heterocycles. The van der Waals surface area contributed by atoms with Gasteiger partial charge >= 0.3 is 0 Å². The summed E-state index contributed by atoms with van der Waals surface area (Å²) in [5.74, 6) is 1.91. The summed E-state index contributed by atoms with van der Waals surface area (Å²) in [7, 11) is 0. The van der Waals surface area contributed by atoms with Gasteiger partial charge in [0.1, 0.15) is 12.4 Å². The summed E-state index contributed by atoms with van der Waals surface area (Å²) in [5.41, 5.74) is 0.969. The SMILES string of the molecule is CCn1c(COc2ccc(Cl)c(C)c2)nnc1SCC(=O)NC1CCCCCC1. The molecule has 2 aromatic rings. The highest BCUT2D eigenvalue weighted by molar-refractivity contribution is 7.99. The average molecular weight is 437 g/mol. The van der Waals surface area contributed by atoms with Gasteiger partial charge < -0.3 is 14.6 Å². The van der Waals surface area contributed by atoms with Crippen LogP contribution in [-0.4, -0.2) is 32.5 Å². The van der Waals surface area contributed by atoms with Gasteiger partial charge in [0.25, 0.3) is 0 Å². The average Bonchev–Trinajstić information content (AvgIpc) is 2.92. The van der Waals surface area contributed by atoms with Crippen LogP contribution in [0.5, 0.6) is 5.75 Å². The number of carbonyl (C=O) groups excluding carboxylic acids is 1. The second-order valence-corrected chi connectivity index (χ2v) is 8.74. The molecule has 0 unspecified atom stereocenters. The number of rotatable bonds is 8. The summed E-state index contributed by atoms with van der Waals surface area (Å²) in [6.45, 7) is 5.02. The fourth-order valence-electron chi connectivity index (χ4n) is 3.53. The number of nitrogens with zero attached hydrogens (tertiary/aromatic N) is 3. The van der Waals surface area contributed by atoms with Crippen LogP contribution in [0.2, 0.25) is 5.02 Å². The van der Waals surface area contributed by atoms with E-state index >= 15 is 0 Å². The third-order valence-corrected chi connectivity index (χ3v) is 6.55. The fraction of sp³-hybridized carbons (Fsp3) is 0.571. The first-order valence-electron chi connectivity index (χ1n) is 10.3. The Morgan fingerprint density at radius 2 is 2.03 bits per heavy atom. The van der Waals surface area contributed by atoms with Gasteiger partial charge in [0.15, 0.2) is 11.0 Å². The number of nitrogens with one attached hydrogen (secondary N) is 1. The number of carbonyl (C=O) groups is 1. The summed E-state index contributed by atoms with van der Waals surface area (Å²) in [6.07, 6.45) is 7.15. The Labute approximate surface area is 181 Å². The van der Waals surface area contributed by atoms with E-state index in [4.69, 9.17) is 16.3 Å². The maximum Gasteiger partial charge on any atom is 0.230 e. The molecule has 1 aromatic carbocycles. The van der Waals surface area contributed by atoms with Crippen LogP contribution in [0.1, 0.15) is 56.8 Å². The minimum absolute atomic E-state index is 0.0713. The van der Waals surface area contributed by atoms with Crippen molar-refractivity contribution in [1.29, 1.82) is 0 Å². The van der Waals surface area contributed by atoms with Gasteiger partial charge in [-0.05, 0) is 50.5 Å². The summed E-state index contributed by atoms with van der Waals surface area (Å²) in [4.78, 5) is 12.3. The Bertz CT molecular complexity index is 819. The van der Waals surface area contributed by atoms with Gasteiger partial charge in [0, 0.05) is 17.6 Å². The van der Waals surface area contributed by atoms with Crippen molar-refractivity contribution in [2.75, 3.05) is 5.75 Å². The second-order valence-electron chi connectivity index (χ2n) is 7.39. The number of hydrogen-bond donors (Lipinski definition) is 1. The van der Waals surface area contributed by atoms with Gasteiger partial charge in [-0.1, -0.05) is 49.0 Å². The number of hydrogen-bond acceptors (Lipinski definition) is 5. The van der Waals surface area contributed by atoms with Crippen molar-refractivity contribution in [3.8, 4) is 5.75 Å². The van der Waals surface area contributed by atoms with Gasteiger partial charge in [-0.2, -0.15) is 0 Å². The van der Waals surface area contributed by atoms with E-state index in [1.54, 1.807) is 0 Å². The van der Waals surface area contributed by atoms with Crippen LogP contribution >= 0.6 is 23.4 Å². The van der Waals surface area contributed by atoms with Crippen LogP contribution in [-0.2, 0) is 17.9 Å². The topological polar surface area (TPSA) is 69.0 Å². The van der Waals surface area contributed by atoms with Crippen LogP contribution in [0.25, 0.3) is 0 Å². The molecule has 0 radical (unpaired) electrons. The molecule has 8 heteroatoms. The van der Waals surface area contributed by atoms with Crippen molar-refractivity contribution in [1.82, 2.24) is 20.1 Å². The number of aryl methyl sites for hydroxylation is 1. The highest BCUT2D eigenvalue weighted by atomic mass is 35.5. The Morgan fingerprint density at radius 1 is 1.28 bits per heavy atom. The van der Waals surface area contributed by atoms with E-state index in [2.05, 4.69) is 15.5 Å². The zero-order valence-electron chi connectivity index (χ0n) is 17.1. The number of thioether (sulfide) groups is 1. The first-order chi connectivity index (χ1) is 14.1. The maximum absolute atomic E-state index is 12.3. The lowest BCUT2D eigenvalue weighted by Crippen LogP contribution is -2.35. The van der Waals surface area contributed by atoms with E-state index in [0.717, 1.165) is 46.7 Å². The molecule has 1 saturated carbocycles. The zero-order chi connectivity index (χ0) is 20.6. The van der Waals surface area contributed by atoms with E-state index in [9.17, 15) is 4.79 Å². The summed E-state index contributed by atoms with van der Waals surface area (Å²) >= 11 is 7.49. The van der Waals surface area contributed by atoms with Crippen LogP contribution < -0.4 is 10.1 Å². The lowest BCUT2D eigenvalue weighted by atomic mass is 10.1. The van der Waals surface area contributed by atoms with Crippen molar-refractivity contribution in [3.05, 3.63) is 34.6 Å². The molecule has 0 atom stereocenters. The second kappa shape index (κ2) is 10.9. The molecule has 6 nitrogen and oxygen atoms in total.